The molecule has 0 atom stereocenters. The Bertz CT molecular complexity index is 597. The summed E-state index contributed by atoms with van der Waals surface area (Å²) in [7, 11) is 3.53. The number of aromatic nitrogens is 4. The van der Waals surface area contributed by atoms with Crippen LogP contribution in [-0.4, -0.2) is 32.7 Å². The highest BCUT2D eigenvalue weighted by atomic mass is 35.5. The van der Waals surface area contributed by atoms with Crippen LogP contribution >= 0.6 is 11.6 Å². The van der Waals surface area contributed by atoms with E-state index in [1.165, 1.54) is 6.20 Å². The summed E-state index contributed by atoms with van der Waals surface area (Å²) in [5, 5.41) is 13.5. The molecule has 2 N–H and O–H groups in total. The predicted molar refractivity (Wildman–Crippen MR) is 71.0 cm³/mol. The zero-order chi connectivity index (χ0) is 13.8. The SMILES string of the molecule is CNc1cc(C(=O)NCc2nncn2C)c(Cl)cn1. The van der Waals surface area contributed by atoms with Crippen molar-refractivity contribution < 1.29 is 4.79 Å². The van der Waals surface area contributed by atoms with Gasteiger partial charge in [-0.3, -0.25) is 4.79 Å². The van der Waals surface area contributed by atoms with Crippen LogP contribution in [0.3, 0.4) is 0 Å². The number of carbonyl (C=O) groups excluding carboxylic acids is 1. The zero-order valence-corrected chi connectivity index (χ0v) is 11.3. The summed E-state index contributed by atoms with van der Waals surface area (Å²) < 4.78 is 1.73. The quantitative estimate of drug-likeness (QED) is 0.867. The highest BCUT2D eigenvalue weighted by molar-refractivity contribution is 6.33. The fraction of sp³-hybridized carbons (Fsp3) is 0.273. The van der Waals surface area contributed by atoms with Gasteiger partial charge in [0.25, 0.3) is 5.91 Å². The van der Waals surface area contributed by atoms with Crippen LogP contribution in [0.4, 0.5) is 5.82 Å². The van der Waals surface area contributed by atoms with Crippen molar-refractivity contribution in [3.05, 3.63) is 35.0 Å². The maximum absolute atomic E-state index is 12.0. The molecule has 8 heteroatoms. The van der Waals surface area contributed by atoms with E-state index < -0.39 is 0 Å². The molecule has 0 aliphatic carbocycles. The molecule has 0 saturated carbocycles. The topological polar surface area (TPSA) is 84.7 Å². The van der Waals surface area contributed by atoms with Crippen molar-refractivity contribution >= 4 is 23.3 Å². The lowest BCUT2D eigenvalue weighted by molar-refractivity contribution is 0.0949. The van der Waals surface area contributed by atoms with E-state index in [0.29, 0.717) is 22.2 Å². The van der Waals surface area contributed by atoms with E-state index in [9.17, 15) is 4.79 Å². The van der Waals surface area contributed by atoms with Crippen LogP contribution < -0.4 is 10.6 Å². The van der Waals surface area contributed by atoms with Crippen molar-refractivity contribution in [2.24, 2.45) is 7.05 Å². The van der Waals surface area contributed by atoms with Crippen LogP contribution in [0.1, 0.15) is 16.2 Å². The van der Waals surface area contributed by atoms with Gasteiger partial charge in [0.05, 0.1) is 17.1 Å². The Balaban J connectivity index is 2.10. The standard InChI is InChI=1S/C11H13ClN6O/c1-13-9-3-7(8(12)4-14-9)11(19)15-5-10-17-16-6-18(10)2/h3-4,6H,5H2,1-2H3,(H,13,14)(H,15,19). The van der Waals surface area contributed by atoms with Crippen molar-refractivity contribution in [2.75, 3.05) is 12.4 Å². The molecule has 1 amide bonds. The molecule has 0 radical (unpaired) electrons. The number of pyridine rings is 1. The number of rotatable bonds is 4. The third-order valence-corrected chi connectivity index (χ3v) is 2.87. The second-order valence-electron chi connectivity index (χ2n) is 3.84. The van der Waals surface area contributed by atoms with E-state index in [1.807, 2.05) is 0 Å². The first kappa shape index (κ1) is 13.3. The molecule has 2 aromatic heterocycles. The summed E-state index contributed by atoms with van der Waals surface area (Å²) in [4.78, 5) is 16.0. The fourth-order valence-corrected chi connectivity index (χ4v) is 1.66. The average molecular weight is 281 g/mol. The van der Waals surface area contributed by atoms with Gasteiger partial charge in [0.15, 0.2) is 5.82 Å². The molecular formula is C11H13ClN6O. The van der Waals surface area contributed by atoms with Crippen molar-refractivity contribution in [3.63, 3.8) is 0 Å². The number of anilines is 1. The fourth-order valence-electron chi connectivity index (χ4n) is 1.47. The van der Waals surface area contributed by atoms with Gasteiger partial charge in [-0.05, 0) is 6.07 Å². The number of hydrogen-bond acceptors (Lipinski definition) is 5. The molecule has 7 nitrogen and oxygen atoms in total. The molecule has 0 aromatic carbocycles. The second kappa shape index (κ2) is 5.66. The Kier molecular flexibility index (Phi) is 3.96. The van der Waals surface area contributed by atoms with Crippen molar-refractivity contribution in [3.8, 4) is 0 Å². The predicted octanol–water partition coefficient (Wildman–Crippen LogP) is 0.835. The number of halogens is 1. The molecular weight excluding hydrogens is 268 g/mol. The van der Waals surface area contributed by atoms with Crippen molar-refractivity contribution in [2.45, 2.75) is 6.54 Å². The van der Waals surface area contributed by atoms with Gasteiger partial charge in [-0.15, -0.1) is 10.2 Å². The van der Waals surface area contributed by atoms with Crippen LogP contribution in [0.5, 0.6) is 0 Å². The van der Waals surface area contributed by atoms with Gasteiger partial charge in [-0.2, -0.15) is 0 Å². The third kappa shape index (κ3) is 3.00. The molecule has 0 aliphatic rings. The molecule has 0 spiro atoms. The van der Waals surface area contributed by atoms with Gasteiger partial charge in [0, 0.05) is 20.3 Å². The molecule has 2 rings (SSSR count). The lowest BCUT2D eigenvalue weighted by Crippen LogP contribution is -2.25. The molecule has 100 valence electrons. The van der Waals surface area contributed by atoms with E-state index in [2.05, 4.69) is 25.8 Å². The first-order valence-electron chi connectivity index (χ1n) is 5.56. The molecule has 0 fully saturated rings. The smallest absolute Gasteiger partial charge is 0.253 e. The van der Waals surface area contributed by atoms with Crippen LogP contribution in [0.15, 0.2) is 18.6 Å². The highest BCUT2D eigenvalue weighted by Crippen LogP contribution is 2.17. The summed E-state index contributed by atoms with van der Waals surface area (Å²) in [6, 6.07) is 1.59. The average Bonchev–Trinajstić information content (AvgIpc) is 2.82. The molecule has 0 aliphatic heterocycles. The first-order valence-corrected chi connectivity index (χ1v) is 5.94. The lowest BCUT2D eigenvalue weighted by atomic mass is 10.2. The number of amides is 1. The zero-order valence-electron chi connectivity index (χ0n) is 10.5. The minimum absolute atomic E-state index is 0.281. The van der Waals surface area contributed by atoms with E-state index in [4.69, 9.17) is 11.6 Å². The van der Waals surface area contributed by atoms with E-state index >= 15 is 0 Å². The molecule has 0 saturated heterocycles. The van der Waals surface area contributed by atoms with Gasteiger partial charge in [-0.1, -0.05) is 11.6 Å². The summed E-state index contributed by atoms with van der Waals surface area (Å²) in [6.07, 6.45) is 3.00. The van der Waals surface area contributed by atoms with E-state index in [1.54, 1.807) is 31.1 Å². The number of nitrogens with one attached hydrogen (secondary N) is 2. The van der Waals surface area contributed by atoms with Crippen LogP contribution in [-0.2, 0) is 13.6 Å². The maximum Gasteiger partial charge on any atom is 0.253 e. The number of nitrogens with zero attached hydrogens (tertiary/aromatic N) is 4. The summed E-state index contributed by atoms with van der Waals surface area (Å²) in [5.74, 6) is 0.951. The number of carbonyl (C=O) groups is 1. The normalized spacial score (nSPS) is 10.3. The van der Waals surface area contributed by atoms with E-state index in [0.717, 1.165) is 0 Å². The molecule has 2 aromatic rings. The largest absolute Gasteiger partial charge is 0.373 e. The second-order valence-corrected chi connectivity index (χ2v) is 4.25. The summed E-state index contributed by atoms with van der Waals surface area (Å²) >= 11 is 5.96. The summed E-state index contributed by atoms with van der Waals surface area (Å²) in [6.45, 7) is 0.281. The Morgan fingerprint density at radius 2 is 2.32 bits per heavy atom. The van der Waals surface area contributed by atoms with Gasteiger partial charge >= 0.3 is 0 Å². The first-order chi connectivity index (χ1) is 9.11. The Morgan fingerprint density at radius 1 is 1.53 bits per heavy atom. The van der Waals surface area contributed by atoms with Gasteiger partial charge in [0.1, 0.15) is 12.1 Å². The minimum atomic E-state index is -0.285. The van der Waals surface area contributed by atoms with E-state index in [-0.39, 0.29) is 12.5 Å². The van der Waals surface area contributed by atoms with Gasteiger partial charge < -0.3 is 15.2 Å². The minimum Gasteiger partial charge on any atom is -0.373 e. The van der Waals surface area contributed by atoms with Crippen LogP contribution in [0.2, 0.25) is 5.02 Å². The molecule has 0 bridgehead atoms. The lowest BCUT2D eigenvalue weighted by Gasteiger charge is -2.07. The van der Waals surface area contributed by atoms with Crippen molar-refractivity contribution in [1.82, 2.24) is 25.1 Å². The number of hydrogen-bond donors (Lipinski definition) is 2. The molecule has 0 unspecified atom stereocenters. The molecule has 2 heterocycles. The Labute approximate surface area is 115 Å². The Morgan fingerprint density at radius 3 is 2.95 bits per heavy atom. The van der Waals surface area contributed by atoms with Gasteiger partial charge in [-0.25, -0.2) is 4.98 Å². The highest BCUT2D eigenvalue weighted by Gasteiger charge is 2.12. The maximum atomic E-state index is 12.0. The molecule has 19 heavy (non-hydrogen) atoms. The van der Waals surface area contributed by atoms with Gasteiger partial charge in [0.2, 0.25) is 0 Å². The Hall–Kier alpha value is -2.15. The van der Waals surface area contributed by atoms with Crippen LogP contribution in [0, 0.1) is 0 Å². The summed E-state index contributed by atoms with van der Waals surface area (Å²) in [5.41, 5.74) is 0.364. The van der Waals surface area contributed by atoms with Crippen molar-refractivity contribution in [1.29, 1.82) is 0 Å². The number of aryl methyl sites for hydroxylation is 1. The van der Waals surface area contributed by atoms with Crippen LogP contribution in [0.25, 0.3) is 0 Å². The monoisotopic (exact) mass is 280 g/mol. The third-order valence-electron chi connectivity index (χ3n) is 2.57.